The van der Waals surface area contributed by atoms with Crippen molar-refractivity contribution in [2.75, 3.05) is 13.6 Å². The predicted octanol–water partition coefficient (Wildman–Crippen LogP) is 4.43. The normalized spacial score (nSPS) is 14.0. The smallest absolute Gasteiger partial charge is 0.266 e. The maximum absolute atomic E-state index is 13.6. The van der Waals surface area contributed by atoms with Crippen LogP contribution in [0.3, 0.4) is 0 Å². The van der Waals surface area contributed by atoms with Gasteiger partial charge in [-0.25, -0.2) is 4.39 Å². The number of nitrogens with zero attached hydrogens (tertiary/aromatic N) is 1. The number of halogens is 1. The monoisotopic (exact) mass is 323 g/mol. The molecule has 0 saturated heterocycles. The summed E-state index contributed by atoms with van der Waals surface area (Å²) in [6.07, 6.45) is 0.940. The number of carbonyl (C=O) groups excluding carboxylic acids is 1. The fourth-order valence-corrected chi connectivity index (χ4v) is 2.35. The molecular weight excluding hydrogens is 293 g/mol. The highest BCUT2D eigenvalue weighted by molar-refractivity contribution is 5.85. The zero-order valence-corrected chi connectivity index (χ0v) is 15.4. The Hall–Kier alpha value is -1.58. The number of ether oxygens (including phenoxy) is 1. The van der Waals surface area contributed by atoms with Crippen LogP contribution >= 0.6 is 0 Å². The maximum atomic E-state index is 13.6. The third-order valence-corrected chi connectivity index (χ3v) is 4.26. The van der Waals surface area contributed by atoms with Crippen molar-refractivity contribution in [2.45, 2.75) is 53.6 Å². The molecule has 1 amide bonds. The number of hydrogen-bond donors (Lipinski definition) is 0. The molecule has 0 aliphatic carbocycles. The van der Waals surface area contributed by atoms with E-state index in [0.29, 0.717) is 18.2 Å². The van der Waals surface area contributed by atoms with Crippen molar-refractivity contribution in [3.8, 4) is 5.75 Å². The lowest BCUT2D eigenvalue weighted by Gasteiger charge is -2.36. The number of amides is 1. The summed E-state index contributed by atoms with van der Waals surface area (Å²) < 4.78 is 19.6. The number of aryl methyl sites for hydroxylation is 1. The molecule has 0 aliphatic heterocycles. The number of hydrogen-bond acceptors (Lipinski definition) is 2. The van der Waals surface area contributed by atoms with Gasteiger partial charge >= 0.3 is 0 Å². The zero-order chi connectivity index (χ0) is 17.8. The van der Waals surface area contributed by atoms with E-state index in [2.05, 4.69) is 13.8 Å². The minimum atomic E-state index is -1.02. The van der Waals surface area contributed by atoms with Gasteiger partial charge in [0.2, 0.25) is 0 Å². The summed E-state index contributed by atoms with van der Waals surface area (Å²) in [4.78, 5) is 14.6. The van der Waals surface area contributed by atoms with Gasteiger partial charge < -0.3 is 9.64 Å². The van der Waals surface area contributed by atoms with Gasteiger partial charge in [-0.1, -0.05) is 27.7 Å². The van der Waals surface area contributed by atoms with E-state index in [-0.39, 0.29) is 17.6 Å². The van der Waals surface area contributed by atoms with Gasteiger partial charge in [-0.15, -0.1) is 0 Å². The van der Waals surface area contributed by atoms with E-state index in [4.69, 9.17) is 4.74 Å². The summed E-state index contributed by atoms with van der Waals surface area (Å²) in [6.45, 7) is 12.4. The van der Waals surface area contributed by atoms with Crippen LogP contribution in [0.1, 0.15) is 46.6 Å². The molecule has 0 heterocycles. The van der Waals surface area contributed by atoms with E-state index in [9.17, 15) is 9.18 Å². The second-order valence-electron chi connectivity index (χ2n) is 7.24. The van der Waals surface area contributed by atoms with E-state index in [0.717, 1.165) is 12.0 Å². The number of carbonyl (C=O) groups is 1. The first-order chi connectivity index (χ1) is 10.6. The summed E-state index contributed by atoms with van der Waals surface area (Å²) in [7, 11) is 1.80. The average Bonchev–Trinajstić information content (AvgIpc) is 2.42. The van der Waals surface area contributed by atoms with Gasteiger partial charge in [0.25, 0.3) is 5.91 Å². The standard InChI is InChI=1S/C19H30FNO2/c1-13(2)8-9-21(7)18(22)19(6,14(3)4)23-17-11-15(5)10-16(20)12-17/h10-14H,8-9H2,1-7H3. The topological polar surface area (TPSA) is 29.5 Å². The first-order valence-corrected chi connectivity index (χ1v) is 8.28. The van der Waals surface area contributed by atoms with Gasteiger partial charge in [-0.05, 0) is 43.9 Å². The van der Waals surface area contributed by atoms with E-state index in [1.807, 2.05) is 13.8 Å². The molecule has 0 aliphatic rings. The second kappa shape index (κ2) is 7.80. The quantitative estimate of drug-likeness (QED) is 0.743. The lowest BCUT2D eigenvalue weighted by Crippen LogP contribution is -2.53. The molecule has 0 fully saturated rings. The van der Waals surface area contributed by atoms with Gasteiger partial charge in [-0.2, -0.15) is 0 Å². The van der Waals surface area contributed by atoms with Gasteiger partial charge in [-0.3, -0.25) is 4.79 Å². The van der Waals surface area contributed by atoms with Crippen molar-refractivity contribution < 1.29 is 13.9 Å². The average molecular weight is 323 g/mol. The Balaban J connectivity index is 2.99. The Labute approximate surface area is 139 Å². The molecule has 0 bridgehead atoms. The van der Waals surface area contributed by atoms with Crippen molar-refractivity contribution in [3.63, 3.8) is 0 Å². The summed E-state index contributed by atoms with van der Waals surface area (Å²) in [5.41, 5.74) is -0.252. The molecule has 0 spiro atoms. The Morgan fingerprint density at radius 1 is 1.26 bits per heavy atom. The molecule has 0 aromatic heterocycles. The van der Waals surface area contributed by atoms with Crippen LogP contribution in [0.2, 0.25) is 0 Å². The van der Waals surface area contributed by atoms with Crippen molar-refractivity contribution >= 4 is 5.91 Å². The molecule has 23 heavy (non-hydrogen) atoms. The van der Waals surface area contributed by atoms with E-state index < -0.39 is 5.60 Å². The first-order valence-electron chi connectivity index (χ1n) is 8.28. The van der Waals surface area contributed by atoms with E-state index in [1.165, 1.54) is 12.1 Å². The minimum Gasteiger partial charge on any atom is -0.477 e. The Morgan fingerprint density at radius 3 is 2.35 bits per heavy atom. The van der Waals surface area contributed by atoms with Crippen LogP contribution in [0.5, 0.6) is 5.75 Å². The number of likely N-dealkylation sites (N-methyl/N-ethyl adjacent to an activating group) is 1. The largest absolute Gasteiger partial charge is 0.477 e. The Morgan fingerprint density at radius 2 is 1.87 bits per heavy atom. The highest BCUT2D eigenvalue weighted by atomic mass is 19.1. The first kappa shape index (κ1) is 19.5. The Kier molecular flexibility index (Phi) is 6.60. The van der Waals surface area contributed by atoms with Crippen LogP contribution < -0.4 is 4.74 Å². The zero-order valence-electron chi connectivity index (χ0n) is 15.4. The van der Waals surface area contributed by atoms with Gasteiger partial charge in [0.1, 0.15) is 11.6 Å². The molecule has 0 N–H and O–H groups in total. The van der Waals surface area contributed by atoms with Gasteiger partial charge in [0.05, 0.1) is 0 Å². The third kappa shape index (κ3) is 5.22. The molecule has 1 aromatic carbocycles. The molecular formula is C19H30FNO2. The summed E-state index contributed by atoms with van der Waals surface area (Å²) in [6, 6.07) is 4.52. The second-order valence-corrected chi connectivity index (χ2v) is 7.24. The van der Waals surface area contributed by atoms with Crippen molar-refractivity contribution in [1.29, 1.82) is 0 Å². The third-order valence-electron chi connectivity index (χ3n) is 4.26. The molecule has 0 saturated carbocycles. The van der Waals surface area contributed by atoms with E-state index >= 15 is 0 Å². The van der Waals surface area contributed by atoms with Crippen LogP contribution in [0.15, 0.2) is 18.2 Å². The number of benzene rings is 1. The molecule has 1 rings (SSSR count). The summed E-state index contributed by atoms with van der Waals surface area (Å²) in [5.74, 6) is 0.452. The molecule has 1 aromatic rings. The molecule has 1 unspecified atom stereocenters. The van der Waals surface area contributed by atoms with Crippen LogP contribution in [0.25, 0.3) is 0 Å². The van der Waals surface area contributed by atoms with Gasteiger partial charge in [0, 0.05) is 25.6 Å². The van der Waals surface area contributed by atoms with Crippen molar-refractivity contribution in [1.82, 2.24) is 4.90 Å². The number of rotatable bonds is 7. The lowest BCUT2D eigenvalue weighted by molar-refractivity contribution is -0.149. The van der Waals surface area contributed by atoms with Crippen LogP contribution in [0.4, 0.5) is 4.39 Å². The minimum absolute atomic E-state index is 0.0416. The fourth-order valence-electron chi connectivity index (χ4n) is 2.35. The highest BCUT2D eigenvalue weighted by Crippen LogP contribution is 2.28. The lowest BCUT2D eigenvalue weighted by atomic mass is 9.90. The van der Waals surface area contributed by atoms with Crippen LogP contribution in [-0.2, 0) is 4.79 Å². The molecule has 4 heteroatoms. The molecule has 130 valence electrons. The summed E-state index contributed by atoms with van der Waals surface area (Å²) >= 11 is 0. The van der Waals surface area contributed by atoms with Gasteiger partial charge in [0.15, 0.2) is 5.60 Å². The molecule has 3 nitrogen and oxygen atoms in total. The highest BCUT2D eigenvalue weighted by Gasteiger charge is 2.41. The predicted molar refractivity (Wildman–Crippen MR) is 92.1 cm³/mol. The fraction of sp³-hybridized carbons (Fsp3) is 0.632. The van der Waals surface area contributed by atoms with E-state index in [1.54, 1.807) is 31.9 Å². The molecule has 1 atom stereocenters. The van der Waals surface area contributed by atoms with Crippen molar-refractivity contribution in [2.24, 2.45) is 11.8 Å². The SMILES string of the molecule is Cc1cc(F)cc(OC(C)(C(=O)N(C)CCC(C)C)C(C)C)c1. The van der Waals surface area contributed by atoms with Crippen LogP contribution in [-0.4, -0.2) is 30.0 Å². The van der Waals surface area contributed by atoms with Crippen LogP contribution in [0, 0.1) is 24.6 Å². The Bertz CT molecular complexity index is 522. The van der Waals surface area contributed by atoms with Crippen molar-refractivity contribution in [3.05, 3.63) is 29.6 Å². The summed E-state index contributed by atoms with van der Waals surface area (Å²) in [5, 5.41) is 0. The maximum Gasteiger partial charge on any atom is 0.266 e. The molecule has 0 radical (unpaired) electrons.